The normalized spacial score (nSPS) is 16.6. The molecule has 0 heterocycles. The lowest BCUT2D eigenvalue weighted by Crippen LogP contribution is -2.30. The minimum atomic E-state index is -1.08. The van der Waals surface area contributed by atoms with Gasteiger partial charge in [-0.15, -0.1) is 0 Å². The molecular weight excluding hydrogens is 296 g/mol. The van der Waals surface area contributed by atoms with E-state index >= 15 is 0 Å². The van der Waals surface area contributed by atoms with Gasteiger partial charge in [-0.05, 0) is 37.0 Å². The number of carboxylic acid groups (broad SMARTS) is 1. The molecule has 2 rings (SSSR count). The summed E-state index contributed by atoms with van der Waals surface area (Å²) in [5.74, 6) is -1.39. The zero-order valence-corrected chi connectivity index (χ0v) is 12.7. The van der Waals surface area contributed by atoms with Crippen molar-refractivity contribution in [2.75, 3.05) is 11.9 Å². The lowest BCUT2D eigenvalue weighted by atomic mass is 9.93. The van der Waals surface area contributed by atoms with Crippen molar-refractivity contribution in [1.29, 1.82) is 0 Å². The number of allylic oxidation sites excluding steroid dienone is 2. The van der Waals surface area contributed by atoms with Crippen molar-refractivity contribution in [3.63, 3.8) is 0 Å². The van der Waals surface area contributed by atoms with E-state index < -0.39 is 5.97 Å². The molecule has 0 saturated heterocycles. The van der Waals surface area contributed by atoms with Crippen molar-refractivity contribution >= 4 is 23.5 Å². The van der Waals surface area contributed by atoms with Gasteiger partial charge >= 0.3 is 5.97 Å². The third kappa shape index (κ3) is 5.58. The minimum absolute atomic E-state index is 0.0151. The molecule has 1 aromatic rings. The summed E-state index contributed by atoms with van der Waals surface area (Å²) in [6.45, 7) is -0.386. The summed E-state index contributed by atoms with van der Waals surface area (Å²) in [7, 11) is 0. The molecule has 0 aromatic heterocycles. The molecule has 6 heteroatoms. The number of anilines is 1. The second-order valence-corrected chi connectivity index (χ2v) is 5.51. The molecule has 2 amide bonds. The van der Waals surface area contributed by atoms with Gasteiger partial charge in [0.15, 0.2) is 0 Å². The van der Waals surface area contributed by atoms with Crippen LogP contribution in [0.3, 0.4) is 0 Å². The molecule has 1 aliphatic rings. The molecule has 0 aliphatic heterocycles. The zero-order valence-electron chi connectivity index (χ0n) is 12.7. The van der Waals surface area contributed by atoms with Gasteiger partial charge < -0.3 is 15.7 Å². The molecule has 1 aromatic carbocycles. The largest absolute Gasteiger partial charge is 0.480 e. The van der Waals surface area contributed by atoms with Gasteiger partial charge in [-0.25, -0.2) is 0 Å². The van der Waals surface area contributed by atoms with Crippen LogP contribution in [-0.4, -0.2) is 29.4 Å². The molecule has 23 heavy (non-hydrogen) atoms. The summed E-state index contributed by atoms with van der Waals surface area (Å²) >= 11 is 0. The number of hydrogen-bond acceptors (Lipinski definition) is 3. The maximum absolute atomic E-state index is 12.1. The smallest absolute Gasteiger partial charge is 0.322 e. The summed E-state index contributed by atoms with van der Waals surface area (Å²) in [6, 6.07) is 6.99. The van der Waals surface area contributed by atoms with Gasteiger partial charge in [0.2, 0.25) is 11.8 Å². The standard InChI is InChI=1S/C17H20N2O4/c20-15(18-11-16(21)22)10-12-6-8-14(9-7-12)19-17(23)13-4-2-1-3-5-13/h1-2,6-9,13H,3-5,10-11H2,(H,18,20)(H,19,23)(H,21,22). The van der Waals surface area contributed by atoms with Gasteiger partial charge in [0.25, 0.3) is 0 Å². The second-order valence-electron chi connectivity index (χ2n) is 5.51. The number of carbonyl (C=O) groups is 3. The minimum Gasteiger partial charge on any atom is -0.480 e. The van der Waals surface area contributed by atoms with E-state index in [1.807, 2.05) is 6.08 Å². The van der Waals surface area contributed by atoms with Gasteiger partial charge in [0, 0.05) is 11.6 Å². The Labute approximate surface area is 134 Å². The van der Waals surface area contributed by atoms with E-state index in [-0.39, 0.29) is 30.7 Å². The predicted molar refractivity (Wildman–Crippen MR) is 85.9 cm³/mol. The molecule has 1 aliphatic carbocycles. The van der Waals surface area contributed by atoms with Crippen LogP contribution in [0, 0.1) is 5.92 Å². The number of carboxylic acids is 1. The van der Waals surface area contributed by atoms with Crippen molar-refractivity contribution in [3.8, 4) is 0 Å². The third-order valence-electron chi connectivity index (χ3n) is 3.66. The first-order valence-corrected chi connectivity index (χ1v) is 7.58. The van der Waals surface area contributed by atoms with E-state index in [4.69, 9.17) is 5.11 Å². The lowest BCUT2D eigenvalue weighted by molar-refractivity contribution is -0.137. The Morgan fingerprint density at radius 3 is 2.48 bits per heavy atom. The van der Waals surface area contributed by atoms with Crippen LogP contribution in [0.2, 0.25) is 0 Å². The molecule has 0 saturated carbocycles. The number of aliphatic carboxylic acids is 1. The molecular formula is C17H20N2O4. The highest BCUT2D eigenvalue weighted by molar-refractivity contribution is 5.92. The average molecular weight is 316 g/mol. The van der Waals surface area contributed by atoms with Crippen LogP contribution < -0.4 is 10.6 Å². The second kappa shape index (κ2) is 8.12. The molecule has 122 valence electrons. The van der Waals surface area contributed by atoms with Crippen molar-refractivity contribution in [1.82, 2.24) is 5.32 Å². The lowest BCUT2D eigenvalue weighted by Gasteiger charge is -2.17. The van der Waals surface area contributed by atoms with Crippen LogP contribution in [0.15, 0.2) is 36.4 Å². The van der Waals surface area contributed by atoms with E-state index in [2.05, 4.69) is 16.7 Å². The first kappa shape index (κ1) is 16.7. The van der Waals surface area contributed by atoms with Gasteiger partial charge in [0.05, 0.1) is 6.42 Å². The fourth-order valence-electron chi connectivity index (χ4n) is 2.40. The van der Waals surface area contributed by atoms with E-state index in [0.717, 1.165) is 24.8 Å². The molecule has 0 fully saturated rings. The Balaban J connectivity index is 1.84. The molecule has 1 atom stereocenters. The number of benzene rings is 1. The van der Waals surface area contributed by atoms with Crippen LogP contribution in [-0.2, 0) is 20.8 Å². The zero-order chi connectivity index (χ0) is 16.7. The van der Waals surface area contributed by atoms with Crippen molar-refractivity contribution < 1.29 is 19.5 Å². The highest BCUT2D eigenvalue weighted by atomic mass is 16.4. The third-order valence-corrected chi connectivity index (χ3v) is 3.66. The summed E-state index contributed by atoms with van der Waals surface area (Å²) in [4.78, 5) is 34.0. The first-order valence-electron chi connectivity index (χ1n) is 7.58. The fraction of sp³-hybridized carbons (Fsp3) is 0.353. The van der Waals surface area contributed by atoms with Crippen LogP contribution in [0.1, 0.15) is 24.8 Å². The average Bonchev–Trinajstić information content (AvgIpc) is 2.55. The van der Waals surface area contributed by atoms with Crippen molar-refractivity contribution in [2.45, 2.75) is 25.7 Å². The van der Waals surface area contributed by atoms with E-state index in [9.17, 15) is 14.4 Å². The summed E-state index contributed by atoms with van der Waals surface area (Å²) in [5, 5.41) is 13.7. The molecule has 0 radical (unpaired) electrons. The number of amides is 2. The monoisotopic (exact) mass is 316 g/mol. The predicted octanol–water partition coefficient (Wildman–Crippen LogP) is 1.72. The first-order chi connectivity index (χ1) is 11.0. The van der Waals surface area contributed by atoms with Crippen LogP contribution >= 0.6 is 0 Å². The summed E-state index contributed by atoms with van der Waals surface area (Å²) in [6.07, 6.45) is 6.80. The number of hydrogen-bond donors (Lipinski definition) is 3. The van der Waals surface area contributed by atoms with Crippen LogP contribution in [0.25, 0.3) is 0 Å². The van der Waals surface area contributed by atoms with Gasteiger partial charge in [0.1, 0.15) is 6.54 Å². The SMILES string of the molecule is O=C(O)CNC(=O)Cc1ccc(NC(=O)C2CC=CCC2)cc1. The molecule has 3 N–H and O–H groups in total. The Morgan fingerprint density at radius 2 is 1.87 bits per heavy atom. The quantitative estimate of drug-likeness (QED) is 0.696. The van der Waals surface area contributed by atoms with E-state index in [1.54, 1.807) is 24.3 Å². The number of carbonyl (C=O) groups excluding carboxylic acids is 2. The summed E-state index contributed by atoms with van der Waals surface area (Å²) in [5.41, 5.74) is 1.45. The van der Waals surface area contributed by atoms with Gasteiger partial charge in [-0.2, -0.15) is 0 Å². The van der Waals surface area contributed by atoms with E-state index in [0.29, 0.717) is 5.69 Å². The van der Waals surface area contributed by atoms with Crippen LogP contribution in [0.5, 0.6) is 0 Å². The molecule has 6 nitrogen and oxygen atoms in total. The van der Waals surface area contributed by atoms with E-state index in [1.165, 1.54) is 0 Å². The Hall–Kier alpha value is -2.63. The number of rotatable bonds is 6. The molecule has 0 spiro atoms. The molecule has 1 unspecified atom stereocenters. The van der Waals surface area contributed by atoms with Crippen molar-refractivity contribution in [2.24, 2.45) is 5.92 Å². The maximum Gasteiger partial charge on any atom is 0.322 e. The fourth-order valence-corrected chi connectivity index (χ4v) is 2.40. The topological polar surface area (TPSA) is 95.5 Å². The number of nitrogens with one attached hydrogen (secondary N) is 2. The van der Waals surface area contributed by atoms with Crippen molar-refractivity contribution in [3.05, 3.63) is 42.0 Å². The molecule has 0 bridgehead atoms. The highest BCUT2D eigenvalue weighted by Crippen LogP contribution is 2.20. The van der Waals surface area contributed by atoms with Gasteiger partial charge in [-0.3, -0.25) is 14.4 Å². The Morgan fingerprint density at radius 1 is 1.13 bits per heavy atom. The van der Waals surface area contributed by atoms with Gasteiger partial charge in [-0.1, -0.05) is 24.3 Å². The highest BCUT2D eigenvalue weighted by Gasteiger charge is 2.18. The Kier molecular flexibility index (Phi) is 5.91. The van der Waals surface area contributed by atoms with Crippen LogP contribution in [0.4, 0.5) is 5.69 Å². The Bertz CT molecular complexity index is 608. The maximum atomic E-state index is 12.1. The summed E-state index contributed by atoms with van der Waals surface area (Å²) < 4.78 is 0.